The summed E-state index contributed by atoms with van der Waals surface area (Å²) in [4.78, 5) is 15.6. The Morgan fingerprint density at radius 1 is 0.912 bits per heavy atom. The Kier molecular flexibility index (Phi) is 7.57. The van der Waals surface area contributed by atoms with Crippen LogP contribution in [-0.2, 0) is 19.5 Å². The number of nitrogens with zero attached hydrogens (tertiary/aromatic N) is 2. The van der Waals surface area contributed by atoms with Gasteiger partial charge in [0.15, 0.2) is 0 Å². The average molecular weight is 492 g/mol. The minimum absolute atomic E-state index is 0.0640. The minimum Gasteiger partial charge on any atom is -0.497 e. The van der Waals surface area contributed by atoms with Crippen LogP contribution in [0, 0.1) is 0 Å². The van der Waals surface area contributed by atoms with Crippen LogP contribution in [0.5, 0.6) is 11.5 Å². The SMILES string of the molecule is COc1ccc(OC)c(NC(=O)c2cc(S(=O)(=O)N3CCOCC3)ccc2N2CCOCC2)c1. The maximum absolute atomic E-state index is 13.5. The van der Waals surface area contributed by atoms with Crippen LogP contribution in [0.2, 0.25) is 0 Å². The van der Waals surface area contributed by atoms with Crippen LogP contribution in [0.25, 0.3) is 0 Å². The van der Waals surface area contributed by atoms with Crippen molar-refractivity contribution in [2.75, 3.05) is 77.0 Å². The lowest BCUT2D eigenvalue weighted by atomic mass is 10.1. The molecule has 2 saturated heterocycles. The molecular formula is C23H29N3O7S. The second kappa shape index (κ2) is 10.6. The quantitative estimate of drug-likeness (QED) is 0.625. The van der Waals surface area contributed by atoms with E-state index in [1.54, 1.807) is 30.3 Å². The maximum Gasteiger partial charge on any atom is 0.257 e. The lowest BCUT2D eigenvalue weighted by molar-refractivity contribution is 0.0730. The lowest BCUT2D eigenvalue weighted by Crippen LogP contribution is -2.41. The summed E-state index contributed by atoms with van der Waals surface area (Å²) in [6, 6.07) is 9.76. The third kappa shape index (κ3) is 5.12. The number of hydrogen-bond donors (Lipinski definition) is 1. The summed E-state index contributed by atoms with van der Waals surface area (Å²) in [5, 5.41) is 2.86. The second-order valence-electron chi connectivity index (χ2n) is 7.82. The van der Waals surface area contributed by atoms with Crippen LogP contribution >= 0.6 is 0 Å². The highest BCUT2D eigenvalue weighted by molar-refractivity contribution is 7.89. The Labute approximate surface area is 199 Å². The zero-order valence-electron chi connectivity index (χ0n) is 19.3. The molecule has 2 aromatic rings. The van der Waals surface area contributed by atoms with Crippen molar-refractivity contribution in [3.8, 4) is 11.5 Å². The van der Waals surface area contributed by atoms with Crippen LogP contribution in [-0.4, -0.2) is 85.5 Å². The molecule has 10 nitrogen and oxygen atoms in total. The summed E-state index contributed by atoms with van der Waals surface area (Å²) in [6.07, 6.45) is 0. The number of benzene rings is 2. The molecule has 1 N–H and O–H groups in total. The molecular weight excluding hydrogens is 462 g/mol. The van der Waals surface area contributed by atoms with Gasteiger partial charge in [0.25, 0.3) is 5.91 Å². The molecule has 1 amide bonds. The van der Waals surface area contributed by atoms with Gasteiger partial charge in [-0.3, -0.25) is 4.79 Å². The van der Waals surface area contributed by atoms with Gasteiger partial charge in [-0.1, -0.05) is 0 Å². The van der Waals surface area contributed by atoms with Gasteiger partial charge in [0.1, 0.15) is 11.5 Å². The highest BCUT2D eigenvalue weighted by Gasteiger charge is 2.29. The number of nitrogens with one attached hydrogen (secondary N) is 1. The first kappa shape index (κ1) is 24.3. The van der Waals surface area contributed by atoms with Crippen molar-refractivity contribution < 1.29 is 32.2 Å². The number of amides is 1. The Morgan fingerprint density at radius 3 is 2.24 bits per heavy atom. The highest BCUT2D eigenvalue weighted by atomic mass is 32.2. The number of rotatable bonds is 7. The number of carbonyl (C=O) groups excluding carboxylic acids is 1. The van der Waals surface area contributed by atoms with Crippen molar-refractivity contribution in [1.82, 2.24) is 4.31 Å². The van der Waals surface area contributed by atoms with Crippen LogP contribution < -0.4 is 19.7 Å². The highest BCUT2D eigenvalue weighted by Crippen LogP contribution is 2.32. The van der Waals surface area contributed by atoms with Crippen molar-refractivity contribution in [2.45, 2.75) is 4.90 Å². The van der Waals surface area contributed by atoms with Gasteiger partial charge < -0.3 is 29.2 Å². The third-order valence-corrected chi connectivity index (χ3v) is 7.72. The van der Waals surface area contributed by atoms with Crippen LogP contribution in [0.4, 0.5) is 11.4 Å². The van der Waals surface area contributed by atoms with Crippen LogP contribution in [0.3, 0.4) is 0 Å². The fourth-order valence-electron chi connectivity index (χ4n) is 3.97. The van der Waals surface area contributed by atoms with Crippen molar-refractivity contribution >= 4 is 27.3 Å². The molecule has 2 fully saturated rings. The molecule has 11 heteroatoms. The predicted molar refractivity (Wildman–Crippen MR) is 127 cm³/mol. The van der Waals surface area contributed by atoms with E-state index in [0.717, 1.165) is 0 Å². The van der Waals surface area contributed by atoms with Crippen molar-refractivity contribution in [3.05, 3.63) is 42.0 Å². The molecule has 184 valence electrons. The second-order valence-corrected chi connectivity index (χ2v) is 9.75. The van der Waals surface area contributed by atoms with Gasteiger partial charge in [-0.05, 0) is 30.3 Å². The minimum atomic E-state index is -3.78. The number of carbonyl (C=O) groups is 1. The number of sulfonamides is 1. The normalized spacial score (nSPS) is 17.3. The lowest BCUT2D eigenvalue weighted by Gasteiger charge is -2.31. The smallest absolute Gasteiger partial charge is 0.257 e. The van der Waals surface area contributed by atoms with Gasteiger partial charge in [0.2, 0.25) is 10.0 Å². The molecule has 0 bridgehead atoms. The van der Waals surface area contributed by atoms with E-state index in [-0.39, 0.29) is 23.5 Å². The molecule has 0 atom stereocenters. The first-order valence-corrected chi connectivity index (χ1v) is 12.5. The fraction of sp³-hybridized carbons (Fsp3) is 0.435. The Bertz CT molecular complexity index is 1130. The summed E-state index contributed by atoms with van der Waals surface area (Å²) in [7, 11) is -0.739. The predicted octanol–water partition coefficient (Wildman–Crippen LogP) is 1.81. The molecule has 2 aliphatic heterocycles. The number of ether oxygens (including phenoxy) is 4. The van der Waals surface area contributed by atoms with Crippen molar-refractivity contribution in [3.63, 3.8) is 0 Å². The summed E-state index contributed by atoms with van der Waals surface area (Å²) < 4.78 is 49.3. The first-order chi connectivity index (χ1) is 16.4. The molecule has 0 spiro atoms. The van der Waals surface area contributed by atoms with Crippen molar-refractivity contribution in [2.24, 2.45) is 0 Å². The third-order valence-electron chi connectivity index (χ3n) is 5.83. The zero-order valence-corrected chi connectivity index (χ0v) is 20.1. The van der Waals surface area contributed by atoms with E-state index < -0.39 is 15.9 Å². The topological polar surface area (TPSA) is 107 Å². The Balaban J connectivity index is 1.72. The molecule has 4 rings (SSSR count). The van der Waals surface area contributed by atoms with Gasteiger partial charge in [-0.25, -0.2) is 8.42 Å². The largest absolute Gasteiger partial charge is 0.497 e. The summed E-state index contributed by atoms with van der Waals surface area (Å²) in [5.41, 5.74) is 1.31. The Morgan fingerprint density at radius 2 is 1.59 bits per heavy atom. The monoisotopic (exact) mass is 491 g/mol. The van der Waals surface area contributed by atoms with E-state index in [1.807, 2.05) is 4.90 Å². The van der Waals surface area contributed by atoms with Gasteiger partial charge in [0, 0.05) is 37.9 Å². The number of morpholine rings is 2. The van der Waals surface area contributed by atoms with Gasteiger partial charge in [-0.2, -0.15) is 4.31 Å². The molecule has 0 unspecified atom stereocenters. The molecule has 2 aromatic carbocycles. The zero-order chi connectivity index (χ0) is 24.1. The van der Waals surface area contributed by atoms with E-state index in [4.69, 9.17) is 18.9 Å². The van der Waals surface area contributed by atoms with Gasteiger partial charge in [0.05, 0.1) is 56.8 Å². The van der Waals surface area contributed by atoms with E-state index in [9.17, 15) is 13.2 Å². The molecule has 0 radical (unpaired) electrons. The molecule has 0 aliphatic carbocycles. The van der Waals surface area contributed by atoms with E-state index in [0.29, 0.717) is 62.4 Å². The first-order valence-electron chi connectivity index (χ1n) is 11.0. The molecule has 0 aromatic heterocycles. The van der Waals surface area contributed by atoms with Gasteiger partial charge in [-0.15, -0.1) is 0 Å². The van der Waals surface area contributed by atoms with Gasteiger partial charge >= 0.3 is 0 Å². The molecule has 2 aliphatic rings. The number of hydrogen-bond acceptors (Lipinski definition) is 8. The molecule has 34 heavy (non-hydrogen) atoms. The van der Waals surface area contributed by atoms with Crippen LogP contribution in [0.15, 0.2) is 41.3 Å². The summed E-state index contributed by atoms with van der Waals surface area (Å²) in [6.45, 7) is 3.47. The number of methoxy groups -OCH3 is 2. The average Bonchev–Trinajstić information content (AvgIpc) is 2.89. The summed E-state index contributed by atoms with van der Waals surface area (Å²) >= 11 is 0. The Hall–Kier alpha value is -2.86. The van der Waals surface area contributed by atoms with E-state index >= 15 is 0 Å². The fourth-order valence-corrected chi connectivity index (χ4v) is 5.41. The van der Waals surface area contributed by atoms with Crippen molar-refractivity contribution in [1.29, 1.82) is 0 Å². The number of anilines is 2. The van der Waals surface area contributed by atoms with Crippen LogP contribution in [0.1, 0.15) is 10.4 Å². The molecule has 0 saturated carbocycles. The van der Waals surface area contributed by atoms with E-state index in [2.05, 4.69) is 5.32 Å². The maximum atomic E-state index is 13.5. The van der Waals surface area contributed by atoms with E-state index in [1.165, 1.54) is 24.6 Å². The summed E-state index contributed by atoms with van der Waals surface area (Å²) in [5.74, 6) is 0.555. The molecule has 2 heterocycles. The standard InChI is InChI=1S/C23H29N3O7S/c1-30-17-3-6-22(31-2)20(15-17)24-23(27)19-16-18(34(28,29)26-9-13-33-14-10-26)4-5-21(19)25-7-11-32-12-8-25/h3-6,15-16H,7-14H2,1-2H3,(H,24,27).